The van der Waals surface area contributed by atoms with Crippen molar-refractivity contribution >= 4 is 5.91 Å². The Morgan fingerprint density at radius 3 is 2.67 bits per heavy atom. The van der Waals surface area contributed by atoms with Gasteiger partial charge in [0.15, 0.2) is 0 Å². The van der Waals surface area contributed by atoms with Crippen molar-refractivity contribution in [2.75, 3.05) is 27.2 Å². The average Bonchev–Trinajstić information content (AvgIpc) is 2.94. The maximum absolute atomic E-state index is 12.8. The SMILES string of the molecule is CN(C)CCCNC(=O)c1nnc(-c2ccc(F)cc2)o1. The van der Waals surface area contributed by atoms with Crippen molar-refractivity contribution in [1.29, 1.82) is 0 Å². The Morgan fingerprint density at radius 1 is 1.29 bits per heavy atom. The largest absolute Gasteiger partial charge is 0.412 e. The van der Waals surface area contributed by atoms with Crippen molar-refractivity contribution in [3.8, 4) is 11.5 Å². The van der Waals surface area contributed by atoms with Gasteiger partial charge in [-0.05, 0) is 51.3 Å². The molecule has 1 aromatic carbocycles. The van der Waals surface area contributed by atoms with E-state index >= 15 is 0 Å². The van der Waals surface area contributed by atoms with Gasteiger partial charge in [0.05, 0.1) is 0 Å². The van der Waals surface area contributed by atoms with Crippen LogP contribution in [0.1, 0.15) is 17.1 Å². The van der Waals surface area contributed by atoms with Crippen molar-refractivity contribution in [1.82, 2.24) is 20.4 Å². The molecule has 1 N–H and O–H groups in total. The molecule has 0 aliphatic rings. The number of carbonyl (C=O) groups excluding carboxylic acids is 1. The molecule has 6 nitrogen and oxygen atoms in total. The van der Waals surface area contributed by atoms with Gasteiger partial charge in [0.2, 0.25) is 5.89 Å². The summed E-state index contributed by atoms with van der Waals surface area (Å²) in [6, 6.07) is 5.62. The summed E-state index contributed by atoms with van der Waals surface area (Å²) in [7, 11) is 3.93. The fourth-order valence-corrected chi connectivity index (χ4v) is 1.70. The zero-order valence-electron chi connectivity index (χ0n) is 12.0. The van der Waals surface area contributed by atoms with Gasteiger partial charge in [-0.25, -0.2) is 4.39 Å². The lowest BCUT2D eigenvalue weighted by Crippen LogP contribution is -2.27. The molecule has 7 heteroatoms. The number of rotatable bonds is 6. The zero-order chi connectivity index (χ0) is 15.2. The smallest absolute Gasteiger partial charge is 0.308 e. The summed E-state index contributed by atoms with van der Waals surface area (Å²) in [5.41, 5.74) is 0.565. The monoisotopic (exact) mass is 292 g/mol. The van der Waals surface area contributed by atoms with Gasteiger partial charge in [0.1, 0.15) is 5.82 Å². The second kappa shape index (κ2) is 6.94. The van der Waals surface area contributed by atoms with Gasteiger partial charge in [-0.2, -0.15) is 0 Å². The van der Waals surface area contributed by atoms with Crippen LogP contribution in [0.25, 0.3) is 11.5 Å². The lowest BCUT2D eigenvalue weighted by atomic mass is 10.2. The number of benzene rings is 1. The number of hydrogen-bond donors (Lipinski definition) is 1. The quantitative estimate of drug-likeness (QED) is 0.818. The van der Waals surface area contributed by atoms with E-state index in [1.165, 1.54) is 24.3 Å². The molecule has 1 aromatic heterocycles. The molecule has 0 saturated heterocycles. The highest BCUT2D eigenvalue weighted by Crippen LogP contribution is 2.17. The lowest BCUT2D eigenvalue weighted by molar-refractivity contribution is 0.0918. The first-order valence-electron chi connectivity index (χ1n) is 6.58. The summed E-state index contributed by atoms with van der Waals surface area (Å²) in [5.74, 6) is -0.667. The molecule has 0 aliphatic carbocycles. The molecule has 0 fully saturated rings. The summed E-state index contributed by atoms with van der Waals surface area (Å²) < 4.78 is 18.1. The maximum atomic E-state index is 12.8. The Bertz CT molecular complexity index is 595. The summed E-state index contributed by atoms with van der Waals surface area (Å²) in [5, 5.41) is 10.2. The van der Waals surface area contributed by atoms with E-state index in [0.29, 0.717) is 12.1 Å². The minimum atomic E-state index is -0.408. The molecular weight excluding hydrogens is 275 g/mol. The Labute approximate surface area is 122 Å². The van der Waals surface area contributed by atoms with Crippen LogP contribution in [0.4, 0.5) is 4.39 Å². The van der Waals surface area contributed by atoms with E-state index in [1.54, 1.807) is 0 Å². The molecule has 0 unspecified atom stereocenters. The van der Waals surface area contributed by atoms with E-state index in [9.17, 15) is 9.18 Å². The fraction of sp³-hybridized carbons (Fsp3) is 0.357. The van der Waals surface area contributed by atoms with Crippen LogP contribution in [0.2, 0.25) is 0 Å². The van der Waals surface area contributed by atoms with E-state index in [2.05, 4.69) is 15.5 Å². The Morgan fingerprint density at radius 2 is 2.00 bits per heavy atom. The predicted octanol–water partition coefficient (Wildman–Crippen LogP) is 1.56. The van der Waals surface area contributed by atoms with E-state index in [1.807, 2.05) is 19.0 Å². The second-order valence-corrected chi connectivity index (χ2v) is 4.83. The minimum Gasteiger partial charge on any atom is -0.412 e. The van der Waals surface area contributed by atoms with Crippen LogP contribution < -0.4 is 5.32 Å². The molecule has 112 valence electrons. The van der Waals surface area contributed by atoms with Crippen LogP contribution in [0.3, 0.4) is 0 Å². The first-order valence-corrected chi connectivity index (χ1v) is 6.58. The van der Waals surface area contributed by atoms with E-state index in [-0.39, 0.29) is 17.6 Å². The Balaban J connectivity index is 1.93. The van der Waals surface area contributed by atoms with Crippen LogP contribution in [0, 0.1) is 5.82 Å². The number of nitrogens with one attached hydrogen (secondary N) is 1. The number of nitrogens with zero attached hydrogens (tertiary/aromatic N) is 3. The predicted molar refractivity (Wildman–Crippen MR) is 75.2 cm³/mol. The topological polar surface area (TPSA) is 71.3 Å². The second-order valence-electron chi connectivity index (χ2n) is 4.83. The van der Waals surface area contributed by atoms with Gasteiger partial charge >= 0.3 is 11.8 Å². The first kappa shape index (κ1) is 15.1. The molecule has 0 aliphatic heterocycles. The average molecular weight is 292 g/mol. The van der Waals surface area contributed by atoms with Gasteiger partial charge in [-0.15, -0.1) is 10.2 Å². The number of amides is 1. The third-order valence-corrected chi connectivity index (χ3v) is 2.78. The zero-order valence-corrected chi connectivity index (χ0v) is 12.0. The van der Waals surface area contributed by atoms with E-state index in [0.717, 1.165) is 13.0 Å². The van der Waals surface area contributed by atoms with Crippen LogP contribution in [-0.2, 0) is 0 Å². The number of carbonyl (C=O) groups is 1. The molecule has 0 atom stereocenters. The highest BCUT2D eigenvalue weighted by molar-refractivity contribution is 5.89. The molecule has 1 amide bonds. The molecule has 0 saturated carbocycles. The van der Waals surface area contributed by atoms with Gasteiger partial charge in [-0.3, -0.25) is 4.79 Å². The van der Waals surface area contributed by atoms with Crippen LogP contribution in [0.15, 0.2) is 28.7 Å². The standard InChI is InChI=1S/C14H17FN4O2/c1-19(2)9-3-8-16-12(20)14-18-17-13(21-14)10-4-6-11(15)7-5-10/h4-7H,3,8-9H2,1-2H3,(H,16,20). The highest BCUT2D eigenvalue weighted by Gasteiger charge is 2.15. The van der Waals surface area contributed by atoms with E-state index in [4.69, 9.17) is 4.42 Å². The third-order valence-electron chi connectivity index (χ3n) is 2.78. The number of hydrogen-bond acceptors (Lipinski definition) is 5. The van der Waals surface area contributed by atoms with Crippen molar-refractivity contribution in [2.45, 2.75) is 6.42 Å². The van der Waals surface area contributed by atoms with Crippen molar-refractivity contribution < 1.29 is 13.6 Å². The molecular formula is C14H17FN4O2. The summed E-state index contributed by atoms with van der Waals surface area (Å²) >= 11 is 0. The van der Waals surface area contributed by atoms with Crippen LogP contribution in [0.5, 0.6) is 0 Å². The number of halogens is 1. The highest BCUT2D eigenvalue weighted by atomic mass is 19.1. The van der Waals surface area contributed by atoms with Crippen molar-refractivity contribution in [3.05, 3.63) is 36.0 Å². The summed E-state index contributed by atoms with van der Waals surface area (Å²) in [4.78, 5) is 13.8. The number of aromatic nitrogens is 2. The van der Waals surface area contributed by atoms with E-state index < -0.39 is 5.91 Å². The first-order chi connectivity index (χ1) is 10.1. The molecule has 0 spiro atoms. The van der Waals surface area contributed by atoms with Gasteiger partial charge in [0.25, 0.3) is 0 Å². The molecule has 2 rings (SSSR count). The van der Waals surface area contributed by atoms with Gasteiger partial charge in [0, 0.05) is 12.1 Å². The van der Waals surface area contributed by atoms with Crippen LogP contribution in [-0.4, -0.2) is 48.2 Å². The van der Waals surface area contributed by atoms with Gasteiger partial charge < -0.3 is 14.6 Å². The van der Waals surface area contributed by atoms with Crippen molar-refractivity contribution in [3.63, 3.8) is 0 Å². The van der Waals surface area contributed by atoms with Gasteiger partial charge in [-0.1, -0.05) is 0 Å². The van der Waals surface area contributed by atoms with Crippen LogP contribution >= 0.6 is 0 Å². The summed E-state index contributed by atoms with van der Waals surface area (Å²) in [6.07, 6.45) is 0.831. The summed E-state index contributed by atoms with van der Waals surface area (Å²) in [6.45, 7) is 1.41. The Kier molecular flexibility index (Phi) is 4.99. The minimum absolute atomic E-state index is 0.0980. The maximum Gasteiger partial charge on any atom is 0.308 e. The third kappa shape index (κ3) is 4.35. The fourth-order valence-electron chi connectivity index (χ4n) is 1.70. The molecule has 21 heavy (non-hydrogen) atoms. The Hall–Kier alpha value is -2.28. The lowest BCUT2D eigenvalue weighted by Gasteiger charge is -2.08. The molecule has 1 heterocycles. The normalized spacial score (nSPS) is 10.9. The molecule has 2 aromatic rings. The molecule has 0 bridgehead atoms. The van der Waals surface area contributed by atoms with Crippen molar-refractivity contribution in [2.24, 2.45) is 0 Å². The molecule has 0 radical (unpaired) electrons.